The number of carbonyl (C=O) groups excluding carboxylic acids is 2. The summed E-state index contributed by atoms with van der Waals surface area (Å²) in [5, 5.41) is 7.08. The van der Waals surface area contributed by atoms with Gasteiger partial charge in [0.2, 0.25) is 5.91 Å². The molecule has 2 heterocycles. The van der Waals surface area contributed by atoms with Crippen molar-refractivity contribution in [3.05, 3.63) is 53.1 Å². The Morgan fingerprint density at radius 3 is 2.54 bits per heavy atom. The number of rotatable bonds is 3. The number of nitrogens with one attached hydrogen (secondary N) is 1. The lowest BCUT2D eigenvalue weighted by molar-refractivity contribution is -0.127. The Bertz CT molecular complexity index is 784. The van der Waals surface area contributed by atoms with Crippen LogP contribution < -0.4 is 5.32 Å². The summed E-state index contributed by atoms with van der Waals surface area (Å²) >= 11 is 0. The predicted octanol–water partition coefficient (Wildman–Crippen LogP) is 1.57. The summed E-state index contributed by atoms with van der Waals surface area (Å²) in [5.41, 5.74) is 1.97. The maximum absolute atomic E-state index is 13.2. The van der Waals surface area contributed by atoms with E-state index < -0.39 is 0 Å². The van der Waals surface area contributed by atoms with Gasteiger partial charge >= 0.3 is 0 Å². The van der Waals surface area contributed by atoms with Gasteiger partial charge in [-0.3, -0.25) is 14.3 Å². The summed E-state index contributed by atoms with van der Waals surface area (Å²) in [4.78, 5) is 26.2. The van der Waals surface area contributed by atoms with Crippen LogP contribution in [0.2, 0.25) is 0 Å². The van der Waals surface area contributed by atoms with Gasteiger partial charge in [0.05, 0.1) is 17.8 Å². The molecule has 1 aromatic heterocycles. The zero-order valence-corrected chi connectivity index (χ0v) is 13.8. The Hall–Kier alpha value is -2.70. The van der Waals surface area contributed by atoms with Crippen LogP contribution in [0.3, 0.4) is 0 Å². The van der Waals surface area contributed by atoms with Gasteiger partial charge in [0.25, 0.3) is 5.91 Å². The molecule has 1 saturated heterocycles. The topological polar surface area (TPSA) is 67.2 Å². The summed E-state index contributed by atoms with van der Waals surface area (Å²) in [6.07, 6.45) is 0.209. The van der Waals surface area contributed by atoms with Crippen molar-refractivity contribution in [2.45, 2.75) is 25.4 Å². The lowest BCUT2D eigenvalue weighted by atomic mass is 10.00. The van der Waals surface area contributed by atoms with Gasteiger partial charge in [-0.2, -0.15) is 5.10 Å². The Morgan fingerprint density at radius 2 is 1.96 bits per heavy atom. The number of carbonyl (C=O) groups is 2. The van der Waals surface area contributed by atoms with E-state index in [1.54, 1.807) is 37.2 Å². The summed E-state index contributed by atoms with van der Waals surface area (Å²) < 4.78 is 14.7. The highest BCUT2D eigenvalue weighted by atomic mass is 19.1. The monoisotopic (exact) mass is 330 g/mol. The first kappa shape index (κ1) is 16.2. The molecule has 1 N–H and O–H groups in total. The number of aromatic nitrogens is 2. The molecule has 126 valence electrons. The molecule has 2 atom stereocenters. The maximum Gasteiger partial charge on any atom is 0.269 e. The van der Waals surface area contributed by atoms with Gasteiger partial charge in [0.15, 0.2) is 0 Å². The fraction of sp³-hybridized carbons (Fsp3) is 0.353. The molecule has 1 aliphatic rings. The van der Waals surface area contributed by atoms with Gasteiger partial charge < -0.3 is 10.2 Å². The van der Waals surface area contributed by atoms with Crippen LogP contribution in [0.25, 0.3) is 0 Å². The smallest absolute Gasteiger partial charge is 0.269 e. The first-order valence-electron chi connectivity index (χ1n) is 7.69. The van der Waals surface area contributed by atoms with E-state index in [1.165, 1.54) is 16.8 Å². The summed E-state index contributed by atoms with van der Waals surface area (Å²) in [6, 6.07) is 6.99. The molecule has 24 heavy (non-hydrogen) atoms. The zero-order chi connectivity index (χ0) is 17.4. The van der Waals surface area contributed by atoms with Crippen molar-refractivity contribution in [2.24, 2.45) is 7.05 Å². The molecule has 0 spiro atoms. The predicted molar refractivity (Wildman–Crippen MR) is 85.7 cm³/mol. The molecular weight excluding hydrogens is 311 g/mol. The second kappa shape index (κ2) is 6.07. The minimum absolute atomic E-state index is 0.0594. The number of halogens is 1. The average Bonchev–Trinajstić information content (AvgIpc) is 3.00. The number of hydrogen-bond acceptors (Lipinski definition) is 3. The van der Waals surface area contributed by atoms with E-state index in [2.05, 4.69) is 10.4 Å². The number of likely N-dealkylation sites (N-methyl/N-ethyl adjacent to an activating group) is 1. The summed E-state index contributed by atoms with van der Waals surface area (Å²) in [5.74, 6) is -0.675. The van der Waals surface area contributed by atoms with Gasteiger partial charge in [-0.1, -0.05) is 12.1 Å². The molecule has 1 aliphatic heterocycles. The third kappa shape index (κ3) is 2.89. The van der Waals surface area contributed by atoms with Crippen LogP contribution in [0, 0.1) is 12.7 Å². The Morgan fingerprint density at radius 1 is 1.29 bits per heavy atom. The molecule has 0 radical (unpaired) electrons. The second-order valence-electron chi connectivity index (χ2n) is 6.08. The zero-order valence-electron chi connectivity index (χ0n) is 13.8. The molecule has 0 saturated carbocycles. The average molecular weight is 330 g/mol. The van der Waals surface area contributed by atoms with Crippen molar-refractivity contribution in [3.63, 3.8) is 0 Å². The molecule has 2 aromatic rings. The lowest BCUT2D eigenvalue weighted by Gasteiger charge is -2.26. The molecule has 0 aliphatic carbocycles. The second-order valence-corrected chi connectivity index (χ2v) is 6.08. The largest absolute Gasteiger partial charge is 0.345 e. The van der Waals surface area contributed by atoms with Crippen LogP contribution in [0.1, 0.15) is 34.2 Å². The van der Waals surface area contributed by atoms with E-state index >= 15 is 0 Å². The number of amides is 2. The third-order valence-corrected chi connectivity index (χ3v) is 4.35. The normalized spacial score (nSPS) is 20.5. The minimum Gasteiger partial charge on any atom is -0.345 e. The minimum atomic E-state index is -0.379. The first-order valence-corrected chi connectivity index (χ1v) is 7.69. The van der Waals surface area contributed by atoms with Crippen LogP contribution in [0.15, 0.2) is 30.3 Å². The van der Waals surface area contributed by atoms with Crippen LogP contribution in [0.4, 0.5) is 4.39 Å². The van der Waals surface area contributed by atoms with Gasteiger partial charge in [0, 0.05) is 20.5 Å². The number of hydrogen-bond donors (Lipinski definition) is 1. The maximum atomic E-state index is 13.2. The molecule has 2 unspecified atom stereocenters. The quantitative estimate of drug-likeness (QED) is 0.929. The molecule has 7 heteroatoms. The highest BCUT2D eigenvalue weighted by Crippen LogP contribution is 2.32. The molecular formula is C17H19FN4O2. The molecule has 0 bridgehead atoms. The van der Waals surface area contributed by atoms with E-state index in [9.17, 15) is 14.0 Å². The van der Waals surface area contributed by atoms with Crippen molar-refractivity contribution in [3.8, 4) is 0 Å². The number of benzene rings is 1. The summed E-state index contributed by atoms with van der Waals surface area (Å²) in [6.45, 7) is 1.81. The highest BCUT2D eigenvalue weighted by molar-refractivity contribution is 5.93. The van der Waals surface area contributed by atoms with E-state index in [-0.39, 0.29) is 36.1 Å². The van der Waals surface area contributed by atoms with Crippen molar-refractivity contribution >= 4 is 11.8 Å². The van der Waals surface area contributed by atoms with E-state index in [0.717, 1.165) is 11.3 Å². The van der Waals surface area contributed by atoms with Gasteiger partial charge in [0.1, 0.15) is 11.5 Å². The number of likely N-dealkylation sites (tertiary alicyclic amines) is 1. The van der Waals surface area contributed by atoms with Crippen molar-refractivity contribution < 1.29 is 14.0 Å². The van der Waals surface area contributed by atoms with Crippen LogP contribution in [0.5, 0.6) is 0 Å². The van der Waals surface area contributed by atoms with Crippen molar-refractivity contribution in [1.82, 2.24) is 20.0 Å². The first-order chi connectivity index (χ1) is 11.4. The lowest BCUT2D eigenvalue weighted by Crippen LogP contribution is -2.39. The SMILES string of the molecule is Cc1cc(C(=O)NC2CC(=O)N(C)C2c2ccc(F)cc2)n(C)n1. The van der Waals surface area contributed by atoms with Gasteiger partial charge in [-0.25, -0.2) is 4.39 Å². The standard InChI is InChI=1S/C17H19FN4O2/c1-10-8-14(22(3)20-10)17(24)19-13-9-15(23)21(2)16(13)11-4-6-12(18)7-5-11/h4-8,13,16H,9H2,1-3H3,(H,19,24). The van der Waals surface area contributed by atoms with E-state index in [1.807, 2.05) is 6.92 Å². The number of nitrogens with zero attached hydrogens (tertiary/aromatic N) is 3. The van der Waals surface area contributed by atoms with Gasteiger partial charge in [-0.05, 0) is 30.7 Å². The fourth-order valence-electron chi connectivity index (χ4n) is 3.18. The Balaban J connectivity index is 1.85. The van der Waals surface area contributed by atoms with E-state index in [0.29, 0.717) is 5.69 Å². The molecule has 1 fully saturated rings. The highest BCUT2D eigenvalue weighted by Gasteiger charge is 2.39. The fourth-order valence-corrected chi connectivity index (χ4v) is 3.18. The third-order valence-electron chi connectivity index (χ3n) is 4.35. The summed E-state index contributed by atoms with van der Waals surface area (Å²) in [7, 11) is 3.39. The van der Waals surface area contributed by atoms with Crippen LogP contribution in [-0.4, -0.2) is 39.6 Å². The van der Waals surface area contributed by atoms with Gasteiger partial charge in [-0.15, -0.1) is 0 Å². The molecule has 6 nitrogen and oxygen atoms in total. The van der Waals surface area contributed by atoms with Crippen molar-refractivity contribution in [2.75, 3.05) is 7.05 Å². The van der Waals surface area contributed by atoms with E-state index in [4.69, 9.17) is 0 Å². The molecule has 2 amide bonds. The number of aryl methyl sites for hydroxylation is 2. The molecule has 3 rings (SSSR count). The van der Waals surface area contributed by atoms with Crippen molar-refractivity contribution in [1.29, 1.82) is 0 Å². The molecule has 1 aromatic carbocycles. The Kier molecular flexibility index (Phi) is 4.09. The van der Waals surface area contributed by atoms with Crippen LogP contribution in [-0.2, 0) is 11.8 Å². The Labute approximate surface area is 139 Å². The van der Waals surface area contributed by atoms with Crippen LogP contribution >= 0.6 is 0 Å².